The van der Waals surface area contributed by atoms with Gasteiger partial charge in [0, 0.05) is 12.1 Å². The number of aryl methyl sites for hydroxylation is 1. The molecule has 5 heteroatoms. The summed E-state index contributed by atoms with van der Waals surface area (Å²) in [7, 11) is 0. The maximum atomic E-state index is 11.8. The summed E-state index contributed by atoms with van der Waals surface area (Å²) in [5, 5.41) is 2.92. The Bertz CT molecular complexity index is 576. The van der Waals surface area contributed by atoms with Crippen LogP contribution in [0.25, 0.3) is 11.0 Å². The van der Waals surface area contributed by atoms with E-state index in [1.807, 2.05) is 25.1 Å². The summed E-state index contributed by atoms with van der Waals surface area (Å²) in [4.78, 5) is 19.3. The zero-order valence-corrected chi connectivity index (χ0v) is 11.9. The van der Waals surface area contributed by atoms with Gasteiger partial charge in [-0.2, -0.15) is 0 Å². The molecule has 1 heterocycles. The average Bonchev–Trinajstić information content (AvgIpc) is 2.78. The highest BCUT2D eigenvalue weighted by molar-refractivity contribution is 5.92. The van der Waals surface area contributed by atoms with Crippen LogP contribution in [0, 0.1) is 6.92 Å². The Morgan fingerprint density at radius 2 is 2.10 bits per heavy atom. The summed E-state index contributed by atoms with van der Waals surface area (Å²) in [6.07, 6.45) is 4.67. The first-order valence-corrected chi connectivity index (χ1v) is 7.15. The van der Waals surface area contributed by atoms with Gasteiger partial charge < -0.3 is 16.0 Å². The molecule has 0 atom stereocenters. The Kier molecular flexibility index (Phi) is 5.12. The first-order valence-electron chi connectivity index (χ1n) is 7.15. The van der Waals surface area contributed by atoms with Crippen LogP contribution in [-0.4, -0.2) is 22.4 Å². The molecule has 0 saturated carbocycles. The minimum Gasteiger partial charge on any atom is -0.342 e. The number of nitrogens with one attached hydrogen (secondary N) is 2. The molecular weight excluding hydrogens is 252 g/mol. The molecule has 4 N–H and O–H groups in total. The molecule has 2 aromatic rings. The van der Waals surface area contributed by atoms with Crippen LogP contribution in [0.3, 0.4) is 0 Å². The summed E-state index contributed by atoms with van der Waals surface area (Å²) >= 11 is 0. The normalized spacial score (nSPS) is 10.9. The van der Waals surface area contributed by atoms with Gasteiger partial charge in [0.25, 0.3) is 0 Å². The lowest BCUT2D eigenvalue weighted by Crippen LogP contribution is -2.11. The van der Waals surface area contributed by atoms with E-state index in [9.17, 15) is 4.79 Å². The lowest BCUT2D eigenvalue weighted by molar-refractivity contribution is -0.116. The zero-order valence-electron chi connectivity index (χ0n) is 11.9. The number of fused-ring (bicyclic) bond motifs is 1. The van der Waals surface area contributed by atoms with Crippen molar-refractivity contribution in [3.8, 4) is 0 Å². The Hall–Kier alpha value is -1.88. The van der Waals surface area contributed by atoms with Crippen molar-refractivity contribution >= 4 is 22.6 Å². The van der Waals surface area contributed by atoms with E-state index in [1.54, 1.807) is 0 Å². The van der Waals surface area contributed by atoms with Gasteiger partial charge in [-0.1, -0.05) is 12.8 Å². The first-order chi connectivity index (χ1) is 9.69. The van der Waals surface area contributed by atoms with Gasteiger partial charge in [0.05, 0.1) is 11.0 Å². The van der Waals surface area contributed by atoms with E-state index in [2.05, 4.69) is 15.3 Å². The van der Waals surface area contributed by atoms with Crippen molar-refractivity contribution in [1.29, 1.82) is 0 Å². The van der Waals surface area contributed by atoms with Gasteiger partial charge in [0.15, 0.2) is 0 Å². The number of H-pyrrole nitrogens is 1. The summed E-state index contributed by atoms with van der Waals surface area (Å²) in [5.41, 5.74) is 8.11. The van der Waals surface area contributed by atoms with Crippen molar-refractivity contribution in [3.63, 3.8) is 0 Å². The average molecular weight is 274 g/mol. The Morgan fingerprint density at radius 1 is 1.30 bits per heavy atom. The fraction of sp³-hybridized carbons (Fsp3) is 0.467. The number of imidazole rings is 1. The minimum atomic E-state index is 0.0633. The highest BCUT2D eigenvalue weighted by atomic mass is 16.1. The van der Waals surface area contributed by atoms with E-state index in [-0.39, 0.29) is 5.91 Å². The zero-order chi connectivity index (χ0) is 14.4. The molecule has 0 radical (unpaired) electrons. The molecule has 0 aliphatic heterocycles. The van der Waals surface area contributed by atoms with Crippen LogP contribution in [0.5, 0.6) is 0 Å². The number of carbonyl (C=O) groups is 1. The molecule has 0 spiro atoms. The van der Waals surface area contributed by atoms with Gasteiger partial charge in [-0.25, -0.2) is 4.98 Å². The molecule has 1 amide bonds. The number of hydrogen-bond acceptors (Lipinski definition) is 3. The van der Waals surface area contributed by atoms with E-state index in [0.29, 0.717) is 6.42 Å². The van der Waals surface area contributed by atoms with E-state index in [4.69, 9.17) is 5.73 Å². The van der Waals surface area contributed by atoms with E-state index in [1.165, 1.54) is 0 Å². The maximum absolute atomic E-state index is 11.8. The van der Waals surface area contributed by atoms with Crippen LogP contribution in [0.1, 0.15) is 37.9 Å². The second kappa shape index (κ2) is 7.05. The number of rotatable bonds is 7. The third kappa shape index (κ3) is 4.06. The van der Waals surface area contributed by atoms with Crippen molar-refractivity contribution in [2.75, 3.05) is 11.9 Å². The Labute approximate surface area is 119 Å². The fourth-order valence-electron chi connectivity index (χ4n) is 2.22. The highest BCUT2D eigenvalue weighted by Gasteiger charge is 2.04. The summed E-state index contributed by atoms with van der Waals surface area (Å²) < 4.78 is 0. The molecule has 0 unspecified atom stereocenters. The molecule has 0 saturated heterocycles. The van der Waals surface area contributed by atoms with Gasteiger partial charge in [-0.15, -0.1) is 0 Å². The number of hydrogen-bond donors (Lipinski definition) is 3. The van der Waals surface area contributed by atoms with E-state index < -0.39 is 0 Å². The topological polar surface area (TPSA) is 83.8 Å². The van der Waals surface area contributed by atoms with E-state index in [0.717, 1.165) is 54.8 Å². The molecule has 1 aromatic heterocycles. The Morgan fingerprint density at radius 3 is 2.90 bits per heavy atom. The number of nitrogens with zero attached hydrogens (tertiary/aromatic N) is 1. The number of carbonyl (C=O) groups excluding carboxylic acids is 1. The predicted molar refractivity (Wildman–Crippen MR) is 81.6 cm³/mol. The Balaban J connectivity index is 1.83. The van der Waals surface area contributed by atoms with Gasteiger partial charge >= 0.3 is 0 Å². The van der Waals surface area contributed by atoms with Gasteiger partial charge in [0.2, 0.25) is 5.91 Å². The smallest absolute Gasteiger partial charge is 0.224 e. The monoisotopic (exact) mass is 274 g/mol. The number of anilines is 1. The maximum Gasteiger partial charge on any atom is 0.224 e. The largest absolute Gasteiger partial charge is 0.342 e. The van der Waals surface area contributed by atoms with Gasteiger partial charge in [-0.05, 0) is 44.5 Å². The van der Waals surface area contributed by atoms with Crippen LogP contribution in [0.2, 0.25) is 0 Å². The molecular formula is C15H22N4O. The van der Waals surface area contributed by atoms with Crippen molar-refractivity contribution in [2.24, 2.45) is 5.73 Å². The summed E-state index contributed by atoms with van der Waals surface area (Å²) in [6, 6.07) is 5.71. The number of benzene rings is 1. The molecule has 108 valence electrons. The predicted octanol–water partition coefficient (Wildman–Crippen LogP) is 2.72. The molecule has 0 aliphatic rings. The number of aromatic nitrogens is 2. The van der Waals surface area contributed by atoms with Crippen LogP contribution in [0.15, 0.2) is 18.2 Å². The van der Waals surface area contributed by atoms with Crippen LogP contribution in [0.4, 0.5) is 5.69 Å². The number of aromatic amines is 1. The number of amides is 1. The third-order valence-corrected chi connectivity index (χ3v) is 3.24. The van der Waals surface area contributed by atoms with Crippen molar-refractivity contribution in [3.05, 3.63) is 24.0 Å². The van der Waals surface area contributed by atoms with Crippen LogP contribution < -0.4 is 11.1 Å². The fourth-order valence-corrected chi connectivity index (χ4v) is 2.22. The van der Waals surface area contributed by atoms with Crippen molar-refractivity contribution in [1.82, 2.24) is 9.97 Å². The second-order valence-electron chi connectivity index (χ2n) is 5.06. The van der Waals surface area contributed by atoms with Gasteiger partial charge in [-0.3, -0.25) is 4.79 Å². The van der Waals surface area contributed by atoms with E-state index >= 15 is 0 Å². The molecule has 1 aromatic carbocycles. The molecule has 5 nitrogen and oxygen atoms in total. The SMILES string of the molecule is Cc1nc2ccc(NC(=O)CCCCCCN)cc2[nH]1. The molecule has 0 aliphatic carbocycles. The lowest BCUT2D eigenvalue weighted by atomic mass is 10.1. The molecule has 0 bridgehead atoms. The summed E-state index contributed by atoms with van der Waals surface area (Å²) in [5.74, 6) is 0.941. The van der Waals surface area contributed by atoms with Crippen molar-refractivity contribution < 1.29 is 4.79 Å². The standard InChI is InChI=1S/C15H22N4O/c1-11-17-13-8-7-12(10-14(13)18-11)19-15(20)6-4-2-3-5-9-16/h7-8,10H,2-6,9,16H2,1H3,(H,17,18)(H,19,20). The highest BCUT2D eigenvalue weighted by Crippen LogP contribution is 2.17. The van der Waals surface area contributed by atoms with Gasteiger partial charge in [0.1, 0.15) is 5.82 Å². The van der Waals surface area contributed by atoms with Crippen molar-refractivity contribution in [2.45, 2.75) is 39.0 Å². The van der Waals surface area contributed by atoms with Crippen LogP contribution in [-0.2, 0) is 4.79 Å². The lowest BCUT2D eigenvalue weighted by Gasteiger charge is -2.05. The second-order valence-corrected chi connectivity index (χ2v) is 5.06. The van der Waals surface area contributed by atoms with Crippen LogP contribution >= 0.6 is 0 Å². The molecule has 20 heavy (non-hydrogen) atoms. The number of unbranched alkanes of at least 4 members (excludes halogenated alkanes) is 3. The first kappa shape index (κ1) is 14.5. The molecule has 0 fully saturated rings. The summed E-state index contributed by atoms with van der Waals surface area (Å²) in [6.45, 7) is 2.65. The number of nitrogens with two attached hydrogens (primary N) is 1. The third-order valence-electron chi connectivity index (χ3n) is 3.24. The minimum absolute atomic E-state index is 0.0633. The molecule has 2 rings (SSSR count). The quantitative estimate of drug-likeness (QED) is 0.679.